The lowest BCUT2D eigenvalue weighted by Crippen LogP contribution is -2.38. The van der Waals surface area contributed by atoms with E-state index in [4.69, 9.17) is 16.3 Å². The molecule has 0 atom stereocenters. The van der Waals surface area contributed by atoms with Crippen molar-refractivity contribution in [2.75, 3.05) is 13.2 Å². The summed E-state index contributed by atoms with van der Waals surface area (Å²) in [5, 5.41) is 3.61. The Morgan fingerprint density at radius 3 is 2.24 bits per heavy atom. The van der Waals surface area contributed by atoms with Gasteiger partial charge in [-0.3, -0.25) is 4.79 Å². The van der Waals surface area contributed by atoms with E-state index in [2.05, 4.69) is 5.32 Å². The highest BCUT2D eigenvalue weighted by Crippen LogP contribution is 2.15. The Bertz CT molecular complexity index is 395. The van der Waals surface area contributed by atoms with Crippen molar-refractivity contribution < 1.29 is 9.53 Å². The van der Waals surface area contributed by atoms with Crippen molar-refractivity contribution >= 4 is 17.5 Å². The number of amides is 1. The first-order valence-electron chi connectivity index (χ1n) is 7.81. The van der Waals surface area contributed by atoms with Gasteiger partial charge in [-0.2, -0.15) is 0 Å². The van der Waals surface area contributed by atoms with E-state index in [9.17, 15) is 4.79 Å². The van der Waals surface area contributed by atoms with Crippen LogP contribution in [0, 0.1) is 6.92 Å². The molecule has 0 aromatic heterocycles. The average molecular weight is 314 g/mol. The van der Waals surface area contributed by atoms with Crippen LogP contribution < -0.4 is 5.32 Å². The summed E-state index contributed by atoms with van der Waals surface area (Å²) >= 11 is 5.94. The third-order valence-corrected chi connectivity index (χ3v) is 3.08. The maximum Gasteiger partial charge on any atom is 0.251 e. The zero-order chi connectivity index (χ0) is 16.3. The average Bonchev–Trinajstić information content (AvgIpc) is 2.51. The summed E-state index contributed by atoms with van der Waals surface area (Å²) in [6, 6.07) is 5.60. The second-order valence-corrected chi connectivity index (χ2v) is 4.81. The largest absolute Gasteiger partial charge is 0.381 e. The molecule has 120 valence electrons. The highest BCUT2D eigenvalue weighted by molar-refractivity contribution is 6.31. The fraction of sp³-hybridized carbons (Fsp3) is 0.588. The van der Waals surface area contributed by atoms with Crippen molar-refractivity contribution in [1.82, 2.24) is 5.32 Å². The molecule has 4 heteroatoms. The molecule has 0 radical (unpaired) electrons. The highest BCUT2D eigenvalue weighted by Gasteiger charge is 2.17. The summed E-state index contributed by atoms with van der Waals surface area (Å²) < 4.78 is 5.25. The molecule has 1 aliphatic heterocycles. The van der Waals surface area contributed by atoms with Crippen LogP contribution in [-0.2, 0) is 4.74 Å². The number of carbonyl (C=O) groups excluding carboxylic acids is 1. The predicted molar refractivity (Wildman–Crippen MR) is 90.2 cm³/mol. The molecule has 3 nitrogen and oxygen atoms in total. The third-order valence-electron chi connectivity index (χ3n) is 2.86. The van der Waals surface area contributed by atoms with Gasteiger partial charge in [0.25, 0.3) is 5.91 Å². The molecule has 1 N–H and O–H groups in total. The molecule has 0 spiro atoms. The maximum absolute atomic E-state index is 12.0. The van der Waals surface area contributed by atoms with Gasteiger partial charge in [-0.1, -0.05) is 39.3 Å². The summed E-state index contributed by atoms with van der Waals surface area (Å²) in [6.07, 6.45) is 1.76. The van der Waals surface area contributed by atoms with Gasteiger partial charge in [-0.15, -0.1) is 0 Å². The normalized spacial score (nSPS) is 14.2. The van der Waals surface area contributed by atoms with Gasteiger partial charge in [0.2, 0.25) is 0 Å². The van der Waals surface area contributed by atoms with Crippen molar-refractivity contribution in [3.05, 3.63) is 34.3 Å². The smallest absolute Gasteiger partial charge is 0.251 e. The van der Waals surface area contributed by atoms with Crippen molar-refractivity contribution in [1.29, 1.82) is 0 Å². The van der Waals surface area contributed by atoms with Crippen LogP contribution in [0.1, 0.15) is 56.5 Å². The van der Waals surface area contributed by atoms with E-state index >= 15 is 0 Å². The standard InChI is InChI=1S/C13H16ClNO2.2C2H6/c1-9-6-10(8-11(14)7-9)13(16)15-12-2-4-17-5-3-12;2*1-2/h6-8,12H,2-5H2,1H3,(H,15,16);2*1-2H3. The number of ether oxygens (including phenoxy) is 1. The van der Waals surface area contributed by atoms with E-state index in [0.717, 1.165) is 31.6 Å². The Morgan fingerprint density at radius 2 is 1.71 bits per heavy atom. The van der Waals surface area contributed by atoms with Crippen LogP contribution in [0.3, 0.4) is 0 Å². The van der Waals surface area contributed by atoms with Crippen LogP contribution in [0.25, 0.3) is 0 Å². The molecule has 0 bridgehead atoms. The van der Waals surface area contributed by atoms with Crippen LogP contribution in [0.5, 0.6) is 0 Å². The Hall–Kier alpha value is -1.06. The number of benzene rings is 1. The molecule has 1 aromatic rings. The lowest BCUT2D eigenvalue weighted by molar-refractivity contribution is 0.0696. The van der Waals surface area contributed by atoms with E-state index in [1.807, 2.05) is 46.8 Å². The van der Waals surface area contributed by atoms with E-state index in [-0.39, 0.29) is 11.9 Å². The first-order valence-corrected chi connectivity index (χ1v) is 8.19. The Labute approximate surface area is 134 Å². The van der Waals surface area contributed by atoms with Gasteiger partial charge >= 0.3 is 0 Å². The second kappa shape index (κ2) is 11.6. The molecule has 1 aliphatic rings. The minimum Gasteiger partial charge on any atom is -0.381 e. The highest BCUT2D eigenvalue weighted by atomic mass is 35.5. The van der Waals surface area contributed by atoms with Gasteiger partial charge in [-0.25, -0.2) is 0 Å². The Balaban J connectivity index is 0.000000921. The van der Waals surface area contributed by atoms with Crippen LogP contribution in [0.4, 0.5) is 0 Å². The molecule has 0 aliphatic carbocycles. The second-order valence-electron chi connectivity index (χ2n) is 4.38. The summed E-state index contributed by atoms with van der Waals surface area (Å²) in [5.74, 6) is -0.0532. The number of rotatable bonds is 2. The molecular weight excluding hydrogens is 286 g/mol. The van der Waals surface area contributed by atoms with E-state index in [0.29, 0.717) is 10.6 Å². The summed E-state index contributed by atoms with van der Waals surface area (Å²) in [4.78, 5) is 12.0. The van der Waals surface area contributed by atoms with Gasteiger partial charge < -0.3 is 10.1 Å². The van der Waals surface area contributed by atoms with Gasteiger partial charge in [0.1, 0.15) is 0 Å². The van der Waals surface area contributed by atoms with Crippen molar-refractivity contribution in [3.8, 4) is 0 Å². The zero-order valence-electron chi connectivity index (χ0n) is 13.8. The fourth-order valence-electron chi connectivity index (χ4n) is 1.98. The van der Waals surface area contributed by atoms with Crippen LogP contribution in [0.2, 0.25) is 5.02 Å². The number of hydrogen-bond donors (Lipinski definition) is 1. The van der Waals surface area contributed by atoms with Crippen LogP contribution >= 0.6 is 11.6 Å². The van der Waals surface area contributed by atoms with E-state index in [1.54, 1.807) is 6.07 Å². The number of halogens is 1. The molecular formula is C17H28ClNO2. The molecule has 1 fully saturated rings. The molecule has 1 aromatic carbocycles. The SMILES string of the molecule is CC.CC.Cc1cc(Cl)cc(C(=O)NC2CCOCC2)c1. The van der Waals surface area contributed by atoms with Crippen LogP contribution in [-0.4, -0.2) is 25.2 Å². The van der Waals surface area contributed by atoms with Gasteiger partial charge in [0, 0.05) is 29.8 Å². The first kappa shape index (κ1) is 19.9. The molecule has 1 amide bonds. The molecule has 0 unspecified atom stereocenters. The topological polar surface area (TPSA) is 38.3 Å². The monoisotopic (exact) mass is 313 g/mol. The molecule has 1 heterocycles. The molecule has 1 saturated heterocycles. The van der Waals surface area contributed by atoms with Crippen LogP contribution in [0.15, 0.2) is 18.2 Å². The van der Waals surface area contributed by atoms with Crippen molar-refractivity contribution in [2.24, 2.45) is 0 Å². The van der Waals surface area contributed by atoms with Crippen molar-refractivity contribution in [3.63, 3.8) is 0 Å². The summed E-state index contributed by atoms with van der Waals surface area (Å²) in [6.45, 7) is 11.4. The van der Waals surface area contributed by atoms with Gasteiger partial charge in [-0.05, 0) is 43.5 Å². The lowest BCUT2D eigenvalue weighted by Gasteiger charge is -2.23. The summed E-state index contributed by atoms with van der Waals surface area (Å²) in [7, 11) is 0. The quantitative estimate of drug-likeness (QED) is 0.866. The zero-order valence-corrected chi connectivity index (χ0v) is 14.6. The first-order chi connectivity index (χ1) is 10.1. The fourth-order valence-corrected chi connectivity index (χ4v) is 2.27. The number of hydrogen-bond acceptors (Lipinski definition) is 2. The predicted octanol–water partition coefficient (Wildman–Crippen LogP) is 4.61. The minimum atomic E-state index is -0.0532. The third kappa shape index (κ3) is 7.49. The Morgan fingerprint density at radius 1 is 1.14 bits per heavy atom. The molecule has 2 rings (SSSR count). The van der Waals surface area contributed by atoms with Crippen molar-refractivity contribution in [2.45, 2.75) is 53.5 Å². The van der Waals surface area contributed by atoms with Gasteiger partial charge in [0.05, 0.1) is 0 Å². The lowest BCUT2D eigenvalue weighted by atomic mass is 10.1. The number of carbonyl (C=O) groups is 1. The molecule has 21 heavy (non-hydrogen) atoms. The van der Waals surface area contributed by atoms with E-state index in [1.165, 1.54) is 0 Å². The van der Waals surface area contributed by atoms with Gasteiger partial charge in [0.15, 0.2) is 0 Å². The summed E-state index contributed by atoms with van der Waals surface area (Å²) in [5.41, 5.74) is 1.62. The van der Waals surface area contributed by atoms with E-state index < -0.39 is 0 Å². The number of aryl methyl sites for hydroxylation is 1. The maximum atomic E-state index is 12.0. The Kier molecular flexibility index (Phi) is 11.0. The number of nitrogens with one attached hydrogen (secondary N) is 1. The minimum absolute atomic E-state index is 0.0532. The molecule has 0 saturated carbocycles.